The summed E-state index contributed by atoms with van der Waals surface area (Å²) in [7, 11) is -5.51. The number of phenolic OH excluding ortho intramolecular Hbond substituents is 1. The summed E-state index contributed by atoms with van der Waals surface area (Å²) in [6.07, 6.45) is 1.26. The summed E-state index contributed by atoms with van der Waals surface area (Å²) >= 11 is 0. The van der Waals surface area contributed by atoms with Crippen LogP contribution in [0.1, 0.15) is 46.7 Å². The Hall–Kier alpha value is -4.19. The molecule has 3 aromatic carbocycles. The smallest absolute Gasteiger partial charge is 0.278 e. The number of nitrogens with one attached hydrogen (secondary N) is 1. The van der Waals surface area contributed by atoms with Crippen molar-refractivity contribution in [1.82, 2.24) is 9.79 Å². The molecule has 0 radical (unpaired) electrons. The van der Waals surface area contributed by atoms with E-state index in [2.05, 4.69) is 0 Å². The second-order valence-electron chi connectivity index (χ2n) is 10.6. The number of carbonyl (C=O) groups excluding carboxylic acids is 2. The molecule has 3 N–H and O–H groups in total. The largest absolute Gasteiger partial charge is 0.507 e. The highest BCUT2D eigenvalue weighted by Crippen LogP contribution is 2.37. The number of sulfonamides is 1. The van der Waals surface area contributed by atoms with E-state index in [4.69, 9.17) is 9.94 Å². The van der Waals surface area contributed by atoms with E-state index in [-0.39, 0.29) is 16.6 Å². The number of benzene rings is 3. The van der Waals surface area contributed by atoms with Gasteiger partial charge in [-0.05, 0) is 42.4 Å². The molecule has 2 aliphatic rings. The highest BCUT2D eigenvalue weighted by atomic mass is 32.2. The van der Waals surface area contributed by atoms with Gasteiger partial charge in [0, 0.05) is 25.8 Å². The molecule has 2 heterocycles. The van der Waals surface area contributed by atoms with Crippen LogP contribution in [-0.2, 0) is 26.1 Å². The molecule has 2 fully saturated rings. The maximum atomic E-state index is 15.4. The highest BCUT2D eigenvalue weighted by molar-refractivity contribution is 7.89. The highest BCUT2D eigenvalue weighted by Gasteiger charge is 2.48. The molecular formula is C29H25F6N3O7S. The van der Waals surface area contributed by atoms with Gasteiger partial charge in [-0.15, -0.1) is 0 Å². The topological polar surface area (TPSA) is 136 Å². The van der Waals surface area contributed by atoms with Gasteiger partial charge in [0.05, 0.1) is 17.8 Å². The van der Waals surface area contributed by atoms with Crippen molar-refractivity contribution in [2.45, 2.75) is 42.7 Å². The van der Waals surface area contributed by atoms with E-state index < -0.39 is 97.8 Å². The Morgan fingerprint density at radius 3 is 2.04 bits per heavy atom. The molecule has 0 aliphatic carbocycles. The van der Waals surface area contributed by atoms with Gasteiger partial charge in [0.1, 0.15) is 17.6 Å². The second kappa shape index (κ2) is 12.9. The molecule has 3 aromatic rings. The summed E-state index contributed by atoms with van der Waals surface area (Å²) in [6.45, 7) is 0.151. The summed E-state index contributed by atoms with van der Waals surface area (Å²) in [5.74, 6) is -17.2. The van der Waals surface area contributed by atoms with Gasteiger partial charge in [-0.3, -0.25) is 14.8 Å². The number of aromatic hydroxyl groups is 1. The lowest BCUT2D eigenvalue weighted by molar-refractivity contribution is -0.125. The minimum atomic E-state index is -5.51. The second-order valence-corrected chi connectivity index (χ2v) is 12.5. The number of hydroxylamine groups is 1. The van der Waals surface area contributed by atoms with Crippen LogP contribution in [0.25, 0.3) is 0 Å². The summed E-state index contributed by atoms with van der Waals surface area (Å²) in [5, 5.41) is 19.3. The van der Waals surface area contributed by atoms with Crippen LogP contribution in [0.2, 0.25) is 0 Å². The molecule has 10 nitrogen and oxygen atoms in total. The third-order valence-electron chi connectivity index (χ3n) is 7.97. The lowest BCUT2D eigenvalue weighted by Gasteiger charge is -2.41. The number of rotatable bonds is 8. The molecule has 0 spiro atoms. The molecular weight excluding hydrogens is 648 g/mol. The number of phenols is 1. The van der Waals surface area contributed by atoms with Crippen LogP contribution in [-0.4, -0.2) is 60.7 Å². The fourth-order valence-corrected chi connectivity index (χ4v) is 7.14. The summed E-state index contributed by atoms with van der Waals surface area (Å²) in [5.41, 5.74) is 1.23. The molecule has 246 valence electrons. The number of carbonyl (C=O) groups is 2. The van der Waals surface area contributed by atoms with Crippen molar-refractivity contribution in [2.75, 3.05) is 24.7 Å². The number of hydrogen-bond donors (Lipinski definition) is 3. The Morgan fingerprint density at radius 2 is 1.50 bits per heavy atom. The number of nitrogens with zero attached hydrogens (tertiary/aromatic N) is 2. The van der Waals surface area contributed by atoms with Gasteiger partial charge < -0.3 is 14.7 Å². The van der Waals surface area contributed by atoms with Crippen molar-refractivity contribution in [2.24, 2.45) is 0 Å². The molecule has 2 aliphatic heterocycles. The van der Waals surface area contributed by atoms with Crippen LogP contribution in [0.3, 0.4) is 0 Å². The summed E-state index contributed by atoms with van der Waals surface area (Å²) in [6, 6.07) is 6.20. The third-order valence-corrected chi connectivity index (χ3v) is 9.90. The summed E-state index contributed by atoms with van der Waals surface area (Å²) < 4.78 is 118. The van der Waals surface area contributed by atoms with Crippen molar-refractivity contribution in [3.05, 3.63) is 88.0 Å². The Morgan fingerprint density at radius 1 is 0.913 bits per heavy atom. The fourth-order valence-electron chi connectivity index (χ4n) is 5.40. The molecule has 2 amide bonds. The van der Waals surface area contributed by atoms with E-state index in [1.165, 1.54) is 5.48 Å². The molecule has 0 saturated carbocycles. The monoisotopic (exact) mass is 673 g/mol. The first-order chi connectivity index (χ1) is 21.8. The van der Waals surface area contributed by atoms with Crippen molar-refractivity contribution in [3.63, 3.8) is 0 Å². The first kappa shape index (κ1) is 33.2. The zero-order valence-electron chi connectivity index (χ0n) is 23.6. The Balaban J connectivity index is 1.52. The Kier molecular flexibility index (Phi) is 9.30. The van der Waals surface area contributed by atoms with Gasteiger partial charge in [-0.2, -0.15) is 4.31 Å². The van der Waals surface area contributed by atoms with Gasteiger partial charge in [0.2, 0.25) is 21.7 Å². The lowest BCUT2D eigenvalue weighted by Crippen LogP contribution is -2.59. The van der Waals surface area contributed by atoms with Crippen LogP contribution in [0, 0.1) is 34.9 Å². The Labute approximate surface area is 257 Å². The number of hydrogen-bond acceptors (Lipinski definition) is 7. The molecule has 1 atom stereocenters. The quantitative estimate of drug-likeness (QED) is 0.107. The molecule has 46 heavy (non-hydrogen) atoms. The van der Waals surface area contributed by atoms with Gasteiger partial charge >= 0.3 is 0 Å². The van der Waals surface area contributed by atoms with E-state index in [1.54, 1.807) is 24.3 Å². The summed E-state index contributed by atoms with van der Waals surface area (Å²) in [4.78, 5) is 24.3. The standard InChI is InChI=1S/C29H25F6N3O7S/c30-18-11-17(28(40)36-42)21(39)12-20(18)37(13-14-1-3-15(4-2-14)16-6-9-45-10-7-16)29(41)19-5-8-38(19)46(43,44)27-25(34)23(32)22(31)24(33)26(27)35/h1-4,11-12,16,19,39,42H,5-10,13H2,(H,36,40). The van der Waals surface area contributed by atoms with Crippen LogP contribution >= 0.6 is 0 Å². The predicted octanol–water partition coefficient (Wildman–Crippen LogP) is 4.24. The van der Waals surface area contributed by atoms with E-state index in [0.29, 0.717) is 35.8 Å². The van der Waals surface area contributed by atoms with Gasteiger partial charge in [-0.25, -0.2) is 40.2 Å². The fraction of sp³-hybridized carbons (Fsp3) is 0.310. The van der Waals surface area contributed by atoms with E-state index in [0.717, 1.165) is 18.4 Å². The molecule has 2 saturated heterocycles. The molecule has 17 heteroatoms. The normalized spacial score (nSPS) is 17.4. The maximum Gasteiger partial charge on any atom is 0.278 e. The van der Waals surface area contributed by atoms with E-state index in [9.17, 15) is 45.1 Å². The zero-order valence-corrected chi connectivity index (χ0v) is 24.4. The minimum Gasteiger partial charge on any atom is -0.507 e. The molecule has 5 rings (SSSR count). The zero-order chi connectivity index (χ0) is 33.5. The third kappa shape index (κ3) is 5.90. The van der Waals surface area contributed by atoms with Gasteiger partial charge in [-0.1, -0.05) is 24.3 Å². The number of halogens is 6. The van der Waals surface area contributed by atoms with Crippen molar-refractivity contribution < 1.29 is 59.4 Å². The van der Waals surface area contributed by atoms with Crippen LogP contribution in [0.4, 0.5) is 32.0 Å². The maximum absolute atomic E-state index is 15.4. The van der Waals surface area contributed by atoms with E-state index in [1.807, 2.05) is 0 Å². The van der Waals surface area contributed by atoms with Crippen LogP contribution in [0.15, 0.2) is 41.3 Å². The first-order valence-electron chi connectivity index (χ1n) is 13.8. The van der Waals surface area contributed by atoms with Crippen molar-refractivity contribution >= 4 is 27.5 Å². The number of anilines is 1. The SMILES string of the molecule is O=C(NO)c1cc(F)c(N(Cc2ccc(C3CCOCC3)cc2)C(=O)C2CCN2S(=O)(=O)c2c(F)c(F)c(F)c(F)c2F)cc1O. The van der Waals surface area contributed by atoms with Gasteiger partial charge in [0.15, 0.2) is 28.2 Å². The van der Waals surface area contributed by atoms with Gasteiger partial charge in [0.25, 0.3) is 5.91 Å². The average molecular weight is 674 g/mol. The molecule has 0 aromatic heterocycles. The predicted molar refractivity (Wildman–Crippen MR) is 146 cm³/mol. The van der Waals surface area contributed by atoms with Crippen molar-refractivity contribution in [1.29, 1.82) is 0 Å². The van der Waals surface area contributed by atoms with Crippen molar-refractivity contribution in [3.8, 4) is 5.75 Å². The Bertz CT molecular complexity index is 1770. The molecule has 0 bridgehead atoms. The molecule has 1 unspecified atom stereocenters. The van der Waals surface area contributed by atoms with E-state index >= 15 is 4.39 Å². The van der Waals surface area contributed by atoms with Crippen LogP contribution in [0.5, 0.6) is 5.75 Å². The lowest BCUT2D eigenvalue weighted by atomic mass is 9.91. The van der Waals surface area contributed by atoms with Crippen LogP contribution < -0.4 is 10.4 Å². The number of amides is 2. The first-order valence-corrected chi connectivity index (χ1v) is 15.2. The minimum absolute atomic E-state index is 0.204. The number of ether oxygens (including phenoxy) is 1. The average Bonchev–Trinajstić information content (AvgIpc) is 3.02.